The normalized spacial score (nSPS) is 24.6. The lowest BCUT2D eigenvalue weighted by Gasteiger charge is -2.51. The lowest BCUT2D eigenvalue weighted by atomic mass is 9.73. The molecule has 0 spiro atoms. The van der Waals surface area contributed by atoms with Gasteiger partial charge in [0.2, 0.25) is 0 Å². The molecule has 0 radical (unpaired) electrons. The van der Waals surface area contributed by atoms with E-state index in [2.05, 4.69) is 0 Å². The first-order valence-corrected chi connectivity index (χ1v) is 8.76. The number of piperidine rings is 1. The van der Waals surface area contributed by atoms with Crippen molar-refractivity contribution in [2.75, 3.05) is 12.0 Å². The van der Waals surface area contributed by atoms with Crippen molar-refractivity contribution in [3.8, 4) is 0 Å². The van der Waals surface area contributed by atoms with Crippen LogP contribution in [0.4, 0.5) is 0 Å². The third kappa shape index (κ3) is 4.45. The van der Waals surface area contributed by atoms with Crippen LogP contribution in [-0.2, 0) is 4.79 Å². The summed E-state index contributed by atoms with van der Waals surface area (Å²) in [6.45, 7) is 8.11. The predicted octanol–water partition coefficient (Wildman–Crippen LogP) is 2.68. The average molecular weight is 302 g/mol. The molecule has 0 aliphatic carbocycles. The summed E-state index contributed by atoms with van der Waals surface area (Å²) in [6.07, 6.45) is 4.98. The summed E-state index contributed by atoms with van der Waals surface area (Å²) in [5.41, 5.74) is 5.37. The Morgan fingerprint density at radius 2 is 1.85 bits per heavy atom. The molecule has 1 aliphatic heterocycles. The molecule has 0 amide bonds. The maximum atomic E-state index is 12.2. The molecule has 0 saturated carbocycles. The molecule has 118 valence electrons. The molecule has 3 N–H and O–H groups in total. The van der Waals surface area contributed by atoms with Crippen LogP contribution < -0.4 is 5.73 Å². The summed E-state index contributed by atoms with van der Waals surface area (Å²) in [7, 11) is 0. The van der Waals surface area contributed by atoms with Gasteiger partial charge in [-0.2, -0.15) is 16.8 Å². The third-order valence-electron chi connectivity index (χ3n) is 4.26. The Labute approximate surface area is 127 Å². The number of carbonyl (C=O) groups is 1. The van der Waals surface area contributed by atoms with Crippen LogP contribution in [0.15, 0.2) is 0 Å². The Kier molecular flexibility index (Phi) is 6.08. The molecular formula is C15H30N2O2S. The zero-order valence-corrected chi connectivity index (χ0v) is 14.3. The molecule has 20 heavy (non-hydrogen) atoms. The molecule has 5 heteroatoms. The van der Waals surface area contributed by atoms with E-state index in [0.29, 0.717) is 12.3 Å². The van der Waals surface area contributed by atoms with Crippen LogP contribution in [0, 0.1) is 5.92 Å². The highest BCUT2D eigenvalue weighted by Crippen LogP contribution is 2.41. The molecule has 1 fully saturated rings. The molecule has 1 heterocycles. The fourth-order valence-corrected chi connectivity index (χ4v) is 3.95. The number of thioether (sulfide) groups is 1. The van der Waals surface area contributed by atoms with E-state index in [1.54, 1.807) is 11.8 Å². The topological polar surface area (TPSA) is 66.6 Å². The van der Waals surface area contributed by atoms with E-state index in [1.807, 2.05) is 34.0 Å². The quantitative estimate of drug-likeness (QED) is 0.789. The Morgan fingerprint density at radius 3 is 2.30 bits per heavy atom. The molecule has 0 aromatic rings. The lowest BCUT2D eigenvalue weighted by molar-refractivity contribution is -0.251. The standard InChI is InChI=1S/C15H30N2O2S/c1-14(2)9-11(10-15(3,4)17(14)19)8-13(18)12(16)6-7-20-5/h11-12,19H,6-10,16H2,1-5H3. The van der Waals surface area contributed by atoms with E-state index in [0.717, 1.165) is 25.0 Å². The SMILES string of the molecule is CSCCC(N)C(=O)CC1CC(C)(C)N(O)C(C)(C)C1. The van der Waals surface area contributed by atoms with Crippen molar-refractivity contribution in [2.45, 2.75) is 70.5 Å². The van der Waals surface area contributed by atoms with E-state index >= 15 is 0 Å². The maximum absolute atomic E-state index is 12.2. The van der Waals surface area contributed by atoms with Crippen molar-refractivity contribution < 1.29 is 10.0 Å². The summed E-state index contributed by atoms with van der Waals surface area (Å²) in [5.74, 6) is 1.40. The summed E-state index contributed by atoms with van der Waals surface area (Å²) >= 11 is 1.72. The van der Waals surface area contributed by atoms with Crippen LogP contribution in [0.2, 0.25) is 0 Å². The van der Waals surface area contributed by atoms with Gasteiger partial charge in [-0.15, -0.1) is 0 Å². The van der Waals surface area contributed by atoms with Gasteiger partial charge in [-0.05, 0) is 64.9 Å². The minimum atomic E-state index is -0.333. The van der Waals surface area contributed by atoms with Gasteiger partial charge in [-0.25, -0.2) is 0 Å². The second-order valence-electron chi connectivity index (χ2n) is 7.27. The number of hydrogen-bond acceptors (Lipinski definition) is 5. The second kappa shape index (κ2) is 6.77. The first kappa shape index (κ1) is 18.0. The Morgan fingerprint density at radius 1 is 1.35 bits per heavy atom. The highest BCUT2D eigenvalue weighted by atomic mass is 32.2. The predicted molar refractivity (Wildman–Crippen MR) is 85.1 cm³/mol. The molecular weight excluding hydrogens is 272 g/mol. The van der Waals surface area contributed by atoms with Crippen LogP contribution in [0.3, 0.4) is 0 Å². The summed E-state index contributed by atoms with van der Waals surface area (Å²) < 4.78 is 0. The van der Waals surface area contributed by atoms with Gasteiger partial charge >= 0.3 is 0 Å². The Balaban J connectivity index is 2.62. The third-order valence-corrected chi connectivity index (χ3v) is 4.90. The van der Waals surface area contributed by atoms with Gasteiger partial charge < -0.3 is 10.9 Å². The number of Topliss-reactive ketones (excluding diaryl/α,β-unsaturated/α-hetero) is 1. The first-order valence-electron chi connectivity index (χ1n) is 7.36. The number of nitrogens with two attached hydrogens (primary N) is 1. The molecule has 1 atom stereocenters. The van der Waals surface area contributed by atoms with E-state index in [9.17, 15) is 10.0 Å². The van der Waals surface area contributed by atoms with E-state index in [4.69, 9.17) is 5.73 Å². The van der Waals surface area contributed by atoms with Crippen LogP contribution >= 0.6 is 11.8 Å². The lowest BCUT2D eigenvalue weighted by Crippen LogP contribution is -2.59. The molecule has 1 rings (SSSR count). The second-order valence-corrected chi connectivity index (χ2v) is 8.25. The van der Waals surface area contributed by atoms with Gasteiger partial charge in [0.1, 0.15) is 5.78 Å². The number of nitrogens with zero attached hydrogens (tertiary/aromatic N) is 1. The van der Waals surface area contributed by atoms with Crippen LogP contribution in [0.5, 0.6) is 0 Å². The fraction of sp³-hybridized carbons (Fsp3) is 0.933. The van der Waals surface area contributed by atoms with Gasteiger partial charge in [0.05, 0.1) is 6.04 Å². The van der Waals surface area contributed by atoms with Gasteiger partial charge in [0.25, 0.3) is 0 Å². The summed E-state index contributed by atoms with van der Waals surface area (Å²) in [6, 6.07) is -0.333. The maximum Gasteiger partial charge on any atom is 0.149 e. The van der Waals surface area contributed by atoms with Crippen molar-refractivity contribution >= 4 is 17.5 Å². The molecule has 4 nitrogen and oxygen atoms in total. The number of hydroxylamine groups is 2. The van der Waals surface area contributed by atoms with Crippen molar-refractivity contribution in [1.82, 2.24) is 5.06 Å². The van der Waals surface area contributed by atoms with Gasteiger partial charge in [-0.1, -0.05) is 0 Å². The van der Waals surface area contributed by atoms with E-state index in [1.165, 1.54) is 5.06 Å². The Bertz CT molecular complexity index is 327. The minimum Gasteiger partial charge on any atom is -0.321 e. The number of carbonyl (C=O) groups excluding carboxylic acids is 1. The smallest absolute Gasteiger partial charge is 0.149 e. The monoisotopic (exact) mass is 302 g/mol. The molecule has 1 unspecified atom stereocenters. The summed E-state index contributed by atoms with van der Waals surface area (Å²) in [5, 5.41) is 11.7. The molecule has 1 saturated heterocycles. The number of rotatable bonds is 6. The van der Waals surface area contributed by atoms with Crippen LogP contribution in [-0.4, -0.2) is 45.2 Å². The van der Waals surface area contributed by atoms with Gasteiger partial charge in [0, 0.05) is 17.5 Å². The molecule has 0 aromatic heterocycles. The Hall–Kier alpha value is -0.100. The number of hydrogen-bond donors (Lipinski definition) is 2. The van der Waals surface area contributed by atoms with Crippen molar-refractivity contribution in [3.63, 3.8) is 0 Å². The molecule has 0 aromatic carbocycles. The molecule has 1 aliphatic rings. The summed E-state index contributed by atoms with van der Waals surface area (Å²) in [4.78, 5) is 12.2. The van der Waals surface area contributed by atoms with Crippen LogP contribution in [0.25, 0.3) is 0 Å². The van der Waals surface area contributed by atoms with E-state index < -0.39 is 0 Å². The van der Waals surface area contributed by atoms with Crippen LogP contribution in [0.1, 0.15) is 53.4 Å². The minimum absolute atomic E-state index is 0.169. The average Bonchev–Trinajstić information content (AvgIpc) is 2.32. The zero-order valence-electron chi connectivity index (χ0n) is 13.5. The van der Waals surface area contributed by atoms with Crippen molar-refractivity contribution in [1.29, 1.82) is 0 Å². The van der Waals surface area contributed by atoms with Gasteiger partial charge in [-0.3, -0.25) is 4.79 Å². The van der Waals surface area contributed by atoms with Gasteiger partial charge in [0.15, 0.2) is 0 Å². The van der Waals surface area contributed by atoms with E-state index in [-0.39, 0.29) is 22.9 Å². The number of ketones is 1. The largest absolute Gasteiger partial charge is 0.321 e. The highest BCUT2D eigenvalue weighted by molar-refractivity contribution is 7.98. The first-order chi connectivity index (χ1) is 9.10. The van der Waals surface area contributed by atoms with Crippen molar-refractivity contribution in [3.05, 3.63) is 0 Å². The highest BCUT2D eigenvalue weighted by Gasteiger charge is 2.45. The fourth-order valence-electron chi connectivity index (χ4n) is 3.46. The molecule has 0 bridgehead atoms. The zero-order chi connectivity index (χ0) is 15.6. The van der Waals surface area contributed by atoms with Crippen molar-refractivity contribution in [2.24, 2.45) is 11.7 Å².